The smallest absolute Gasteiger partial charge is 0.152 e. The summed E-state index contributed by atoms with van der Waals surface area (Å²) in [4.78, 5) is 13.4. The van der Waals surface area contributed by atoms with Crippen LogP contribution >= 0.6 is 0 Å². The van der Waals surface area contributed by atoms with E-state index in [0.29, 0.717) is 12.3 Å². The van der Waals surface area contributed by atoms with Gasteiger partial charge in [-0.15, -0.1) is 0 Å². The summed E-state index contributed by atoms with van der Waals surface area (Å²) in [5.74, 6) is 0.307. The molecular formula is C9H19NO. The van der Waals surface area contributed by atoms with Gasteiger partial charge in [-0.1, -0.05) is 27.7 Å². The van der Waals surface area contributed by atoms with E-state index in [-0.39, 0.29) is 5.41 Å². The zero-order valence-electron chi connectivity index (χ0n) is 8.27. The summed E-state index contributed by atoms with van der Waals surface area (Å²) >= 11 is 0. The van der Waals surface area contributed by atoms with Crippen molar-refractivity contribution in [3.8, 4) is 0 Å². The van der Waals surface area contributed by atoms with Crippen molar-refractivity contribution >= 4 is 5.78 Å². The van der Waals surface area contributed by atoms with Crippen LogP contribution in [0.25, 0.3) is 0 Å². The summed E-state index contributed by atoms with van der Waals surface area (Å²) in [6.45, 7) is 9.42. The molecule has 66 valence electrons. The summed E-state index contributed by atoms with van der Waals surface area (Å²) in [5, 5.41) is 0. The van der Waals surface area contributed by atoms with Crippen molar-refractivity contribution in [2.24, 2.45) is 5.41 Å². The highest BCUT2D eigenvalue weighted by atomic mass is 16.1. The van der Waals surface area contributed by atoms with Crippen LogP contribution in [0.3, 0.4) is 0 Å². The summed E-state index contributed by atoms with van der Waals surface area (Å²) < 4.78 is 0. The van der Waals surface area contributed by atoms with Crippen molar-refractivity contribution in [1.82, 2.24) is 4.90 Å². The van der Waals surface area contributed by atoms with Gasteiger partial charge in [0, 0.05) is 5.41 Å². The molecule has 0 saturated heterocycles. The Bertz CT molecular complexity index is 135. The average molecular weight is 157 g/mol. The molecule has 0 rings (SSSR count). The van der Waals surface area contributed by atoms with Crippen molar-refractivity contribution in [1.29, 1.82) is 0 Å². The van der Waals surface area contributed by atoms with Gasteiger partial charge in [-0.3, -0.25) is 9.69 Å². The zero-order chi connectivity index (χ0) is 9.07. The molecule has 0 spiro atoms. The van der Waals surface area contributed by atoms with Gasteiger partial charge in [0.1, 0.15) is 0 Å². The number of rotatable bonds is 3. The topological polar surface area (TPSA) is 20.3 Å². The first-order valence-electron chi connectivity index (χ1n) is 4.09. The molecule has 0 amide bonds. The predicted molar refractivity (Wildman–Crippen MR) is 47.6 cm³/mol. The molecule has 0 aliphatic rings. The van der Waals surface area contributed by atoms with Crippen LogP contribution in [0.2, 0.25) is 0 Å². The Kier molecular flexibility index (Phi) is 3.73. The van der Waals surface area contributed by atoms with Crippen molar-refractivity contribution in [3.63, 3.8) is 0 Å². The maximum atomic E-state index is 11.4. The second kappa shape index (κ2) is 3.86. The lowest BCUT2D eigenvalue weighted by molar-refractivity contribution is -0.127. The summed E-state index contributed by atoms with van der Waals surface area (Å²) in [6, 6.07) is 0. The van der Waals surface area contributed by atoms with Gasteiger partial charge >= 0.3 is 0 Å². The minimum absolute atomic E-state index is 0.191. The first-order chi connectivity index (χ1) is 4.88. The molecule has 0 aliphatic carbocycles. The molecule has 0 unspecified atom stereocenters. The normalized spacial score (nSPS) is 12.2. The van der Waals surface area contributed by atoms with Crippen LogP contribution in [0, 0.1) is 5.41 Å². The van der Waals surface area contributed by atoms with E-state index in [1.807, 2.05) is 32.7 Å². The van der Waals surface area contributed by atoms with Crippen molar-refractivity contribution in [3.05, 3.63) is 0 Å². The minimum atomic E-state index is -0.191. The molecule has 2 nitrogen and oxygen atoms in total. The molecule has 0 aliphatic heterocycles. The molecule has 0 fully saturated rings. The lowest BCUT2D eigenvalue weighted by atomic mass is 9.90. The van der Waals surface area contributed by atoms with Crippen molar-refractivity contribution in [2.45, 2.75) is 27.7 Å². The number of ketones is 1. The van der Waals surface area contributed by atoms with Gasteiger partial charge in [-0.05, 0) is 13.6 Å². The maximum absolute atomic E-state index is 11.4. The molecule has 0 atom stereocenters. The Labute approximate surface area is 69.6 Å². The summed E-state index contributed by atoms with van der Waals surface area (Å²) in [7, 11) is 1.96. The van der Waals surface area contributed by atoms with Gasteiger partial charge in [-0.2, -0.15) is 0 Å². The first-order valence-corrected chi connectivity index (χ1v) is 4.09. The van der Waals surface area contributed by atoms with E-state index in [4.69, 9.17) is 0 Å². The fraction of sp³-hybridized carbons (Fsp3) is 0.889. The monoisotopic (exact) mass is 157 g/mol. The van der Waals surface area contributed by atoms with Crippen molar-refractivity contribution in [2.75, 3.05) is 20.1 Å². The number of likely N-dealkylation sites (N-methyl/N-ethyl adjacent to an activating group) is 1. The van der Waals surface area contributed by atoms with Gasteiger partial charge in [-0.25, -0.2) is 0 Å². The summed E-state index contributed by atoms with van der Waals surface area (Å²) in [6.07, 6.45) is 0. The molecular weight excluding hydrogens is 138 g/mol. The van der Waals surface area contributed by atoms with E-state index in [1.54, 1.807) is 0 Å². The van der Waals surface area contributed by atoms with E-state index in [9.17, 15) is 4.79 Å². The lowest BCUT2D eigenvalue weighted by Gasteiger charge is -2.20. The average Bonchev–Trinajstić information content (AvgIpc) is 1.85. The van der Waals surface area contributed by atoms with E-state index >= 15 is 0 Å². The quantitative estimate of drug-likeness (QED) is 0.619. The van der Waals surface area contributed by atoms with Gasteiger partial charge in [0.05, 0.1) is 6.54 Å². The number of hydrogen-bond donors (Lipinski definition) is 0. The largest absolute Gasteiger partial charge is 0.299 e. The van der Waals surface area contributed by atoms with Gasteiger partial charge in [0.2, 0.25) is 0 Å². The van der Waals surface area contributed by atoms with Crippen LogP contribution in [-0.4, -0.2) is 30.8 Å². The SMILES string of the molecule is CCN(C)CC(=O)C(C)(C)C. The zero-order valence-corrected chi connectivity index (χ0v) is 8.27. The van der Waals surface area contributed by atoms with Gasteiger partial charge in [0.25, 0.3) is 0 Å². The van der Waals surface area contributed by atoms with Gasteiger partial charge < -0.3 is 0 Å². The van der Waals surface area contributed by atoms with E-state index in [2.05, 4.69) is 6.92 Å². The molecule has 0 saturated carbocycles. The maximum Gasteiger partial charge on any atom is 0.152 e. The molecule has 0 aromatic rings. The molecule has 2 heteroatoms. The highest BCUT2D eigenvalue weighted by molar-refractivity contribution is 5.85. The fourth-order valence-corrected chi connectivity index (χ4v) is 0.594. The van der Waals surface area contributed by atoms with Crippen molar-refractivity contribution < 1.29 is 4.79 Å². The van der Waals surface area contributed by atoms with Crippen LogP contribution in [0.1, 0.15) is 27.7 Å². The molecule has 0 bridgehead atoms. The van der Waals surface area contributed by atoms with E-state index in [1.165, 1.54) is 0 Å². The van der Waals surface area contributed by atoms with Crippen LogP contribution in [0.5, 0.6) is 0 Å². The molecule has 0 aromatic carbocycles. The number of carbonyl (C=O) groups excluding carboxylic acids is 1. The third-order valence-corrected chi connectivity index (χ3v) is 1.79. The second-order valence-corrected chi connectivity index (χ2v) is 4.00. The lowest BCUT2D eigenvalue weighted by Crippen LogP contribution is -2.33. The van der Waals surface area contributed by atoms with Crippen LogP contribution in [-0.2, 0) is 4.79 Å². The molecule has 0 radical (unpaired) electrons. The van der Waals surface area contributed by atoms with E-state index in [0.717, 1.165) is 6.54 Å². The molecule has 11 heavy (non-hydrogen) atoms. The first kappa shape index (κ1) is 10.6. The highest BCUT2D eigenvalue weighted by Crippen LogP contribution is 2.14. The Hall–Kier alpha value is -0.370. The second-order valence-electron chi connectivity index (χ2n) is 4.00. The van der Waals surface area contributed by atoms with Crippen LogP contribution in [0.4, 0.5) is 0 Å². The number of hydrogen-bond acceptors (Lipinski definition) is 2. The third-order valence-electron chi connectivity index (χ3n) is 1.79. The predicted octanol–water partition coefficient (Wildman–Crippen LogP) is 1.55. The molecule has 0 N–H and O–H groups in total. The number of Topliss-reactive ketones (excluding diaryl/α,β-unsaturated/α-hetero) is 1. The van der Waals surface area contributed by atoms with Gasteiger partial charge in [0.15, 0.2) is 5.78 Å². The Morgan fingerprint density at radius 3 is 2.09 bits per heavy atom. The Morgan fingerprint density at radius 1 is 1.36 bits per heavy atom. The van der Waals surface area contributed by atoms with Crippen LogP contribution < -0.4 is 0 Å². The molecule has 0 aromatic heterocycles. The molecule has 0 heterocycles. The van der Waals surface area contributed by atoms with E-state index < -0.39 is 0 Å². The number of nitrogens with zero attached hydrogens (tertiary/aromatic N) is 1. The highest BCUT2D eigenvalue weighted by Gasteiger charge is 2.21. The number of carbonyl (C=O) groups is 1. The fourth-order valence-electron chi connectivity index (χ4n) is 0.594. The Morgan fingerprint density at radius 2 is 1.82 bits per heavy atom. The standard InChI is InChI=1S/C9H19NO/c1-6-10(5)7-8(11)9(2,3)4/h6-7H2,1-5H3. The van der Waals surface area contributed by atoms with Crippen LogP contribution in [0.15, 0.2) is 0 Å². The summed E-state index contributed by atoms with van der Waals surface area (Å²) in [5.41, 5.74) is -0.191. The third kappa shape index (κ3) is 4.14. The minimum Gasteiger partial charge on any atom is -0.299 e. The Balaban J connectivity index is 3.88.